The minimum Gasteiger partial charge on any atom is -0.369 e. The van der Waals surface area contributed by atoms with Crippen molar-refractivity contribution >= 4 is 33.4 Å². The molecule has 0 aliphatic heterocycles. The monoisotopic (exact) mass is 204 g/mol. The van der Waals surface area contributed by atoms with E-state index in [1.54, 1.807) is 11.3 Å². The number of hydrogen-bond donors (Lipinski definition) is 0. The highest BCUT2D eigenvalue weighted by Crippen LogP contribution is 2.31. The van der Waals surface area contributed by atoms with Crippen molar-refractivity contribution in [2.75, 3.05) is 14.1 Å². The molecule has 2 nitrogen and oxygen atoms in total. The van der Waals surface area contributed by atoms with E-state index >= 15 is 0 Å². The molecular formula is C11H12N2S. The Morgan fingerprint density at radius 1 is 1.29 bits per heavy atom. The third-order valence-electron chi connectivity index (χ3n) is 1.89. The molecule has 2 rings (SSSR count). The van der Waals surface area contributed by atoms with Gasteiger partial charge in [0.15, 0.2) is 0 Å². The Hall–Kier alpha value is -1.35. The van der Waals surface area contributed by atoms with Gasteiger partial charge in [0.1, 0.15) is 0 Å². The average molecular weight is 204 g/mol. The maximum atomic E-state index is 4.41. The molecule has 0 aliphatic carbocycles. The highest BCUT2D eigenvalue weighted by molar-refractivity contribution is 7.17. The van der Waals surface area contributed by atoms with Crippen LogP contribution in [-0.2, 0) is 0 Å². The Bertz CT molecular complexity index is 457. The van der Waals surface area contributed by atoms with Gasteiger partial charge in [-0.25, -0.2) is 4.99 Å². The summed E-state index contributed by atoms with van der Waals surface area (Å²) in [5.74, 6) is 0. The van der Waals surface area contributed by atoms with Crippen molar-refractivity contribution in [3.05, 3.63) is 29.6 Å². The first-order valence-electron chi connectivity index (χ1n) is 4.44. The number of benzene rings is 1. The molecule has 0 saturated carbocycles. The van der Waals surface area contributed by atoms with Crippen LogP contribution in [-0.4, -0.2) is 25.3 Å². The summed E-state index contributed by atoms with van der Waals surface area (Å²) in [5, 5.41) is 3.32. The molecular weight excluding hydrogens is 192 g/mol. The van der Waals surface area contributed by atoms with E-state index in [1.807, 2.05) is 31.4 Å². The van der Waals surface area contributed by atoms with Gasteiger partial charge in [-0.2, -0.15) is 0 Å². The van der Waals surface area contributed by atoms with Crippen LogP contribution in [0, 0.1) is 0 Å². The Kier molecular flexibility index (Phi) is 2.50. The van der Waals surface area contributed by atoms with Crippen molar-refractivity contribution in [2.24, 2.45) is 4.99 Å². The molecule has 0 saturated heterocycles. The third kappa shape index (κ3) is 1.77. The summed E-state index contributed by atoms with van der Waals surface area (Å²) in [7, 11) is 3.94. The van der Waals surface area contributed by atoms with E-state index in [2.05, 4.69) is 28.6 Å². The Balaban J connectivity index is 2.43. The maximum Gasteiger partial charge on any atom is 0.0907 e. The summed E-state index contributed by atoms with van der Waals surface area (Å²) in [5.41, 5.74) is 1.05. The molecule has 0 unspecified atom stereocenters. The predicted octanol–water partition coefficient (Wildman–Crippen LogP) is 3.12. The van der Waals surface area contributed by atoms with E-state index in [9.17, 15) is 0 Å². The van der Waals surface area contributed by atoms with Gasteiger partial charge in [0.2, 0.25) is 0 Å². The summed E-state index contributed by atoms with van der Waals surface area (Å²) in [6.45, 7) is 0. The zero-order valence-electron chi connectivity index (χ0n) is 8.27. The second-order valence-corrected chi connectivity index (χ2v) is 4.24. The Morgan fingerprint density at radius 3 is 2.86 bits per heavy atom. The molecule has 0 spiro atoms. The fourth-order valence-corrected chi connectivity index (χ4v) is 2.12. The van der Waals surface area contributed by atoms with Gasteiger partial charge in [0.05, 0.1) is 12.0 Å². The van der Waals surface area contributed by atoms with Crippen LogP contribution in [0.3, 0.4) is 0 Å². The third-order valence-corrected chi connectivity index (χ3v) is 2.84. The molecule has 2 aromatic rings. The van der Waals surface area contributed by atoms with Gasteiger partial charge in [-0.15, -0.1) is 11.3 Å². The smallest absolute Gasteiger partial charge is 0.0907 e. The Labute approximate surface area is 87.5 Å². The molecule has 0 amide bonds. The molecule has 0 radical (unpaired) electrons. The van der Waals surface area contributed by atoms with Crippen molar-refractivity contribution in [3.8, 4) is 0 Å². The normalized spacial score (nSPS) is 11.3. The van der Waals surface area contributed by atoms with E-state index < -0.39 is 0 Å². The minimum atomic E-state index is 1.05. The number of rotatable bonds is 2. The van der Waals surface area contributed by atoms with Gasteiger partial charge >= 0.3 is 0 Å². The van der Waals surface area contributed by atoms with Crippen LogP contribution in [0.5, 0.6) is 0 Å². The Morgan fingerprint density at radius 2 is 2.07 bits per heavy atom. The van der Waals surface area contributed by atoms with Gasteiger partial charge in [0, 0.05) is 29.6 Å². The summed E-state index contributed by atoms with van der Waals surface area (Å²) >= 11 is 1.73. The van der Waals surface area contributed by atoms with Gasteiger partial charge in [-0.1, -0.05) is 18.2 Å². The van der Waals surface area contributed by atoms with E-state index in [-0.39, 0.29) is 0 Å². The van der Waals surface area contributed by atoms with Crippen LogP contribution in [0.1, 0.15) is 0 Å². The fourth-order valence-electron chi connectivity index (χ4n) is 1.24. The fraction of sp³-hybridized carbons (Fsp3) is 0.182. The van der Waals surface area contributed by atoms with Crippen molar-refractivity contribution in [1.29, 1.82) is 0 Å². The van der Waals surface area contributed by atoms with Gasteiger partial charge in [-0.3, -0.25) is 0 Å². The quantitative estimate of drug-likeness (QED) is 0.542. The number of nitrogens with zero attached hydrogens (tertiary/aromatic N) is 2. The van der Waals surface area contributed by atoms with Gasteiger partial charge in [-0.05, 0) is 6.07 Å². The lowest BCUT2D eigenvalue weighted by molar-refractivity contribution is 0.643. The van der Waals surface area contributed by atoms with Crippen LogP contribution in [0.15, 0.2) is 34.6 Å². The van der Waals surface area contributed by atoms with Crippen LogP contribution in [0.2, 0.25) is 0 Å². The standard InChI is InChI=1S/C11H12N2S/c1-13(2)8-12-10-7-14-11-6-4-3-5-9(10)11/h3-8H,1-2H3. The summed E-state index contributed by atoms with van der Waals surface area (Å²) in [6.07, 6.45) is 1.83. The molecule has 1 aromatic heterocycles. The molecule has 0 N–H and O–H groups in total. The molecule has 14 heavy (non-hydrogen) atoms. The molecule has 0 aliphatic rings. The van der Waals surface area contributed by atoms with Crippen LogP contribution >= 0.6 is 11.3 Å². The van der Waals surface area contributed by atoms with Gasteiger partial charge in [0.25, 0.3) is 0 Å². The van der Waals surface area contributed by atoms with Crippen molar-refractivity contribution in [1.82, 2.24) is 4.90 Å². The first-order chi connectivity index (χ1) is 6.77. The summed E-state index contributed by atoms with van der Waals surface area (Å²) < 4.78 is 1.29. The minimum absolute atomic E-state index is 1.05. The highest BCUT2D eigenvalue weighted by Gasteiger charge is 1.99. The van der Waals surface area contributed by atoms with Gasteiger partial charge < -0.3 is 4.90 Å². The summed E-state index contributed by atoms with van der Waals surface area (Å²) in [4.78, 5) is 6.34. The maximum absolute atomic E-state index is 4.41. The van der Waals surface area contributed by atoms with Crippen LogP contribution in [0.4, 0.5) is 5.69 Å². The zero-order chi connectivity index (χ0) is 9.97. The van der Waals surface area contributed by atoms with Crippen molar-refractivity contribution in [3.63, 3.8) is 0 Å². The van der Waals surface area contributed by atoms with Crippen molar-refractivity contribution < 1.29 is 0 Å². The SMILES string of the molecule is CN(C)C=Nc1csc2ccccc12. The molecule has 1 aromatic carbocycles. The average Bonchev–Trinajstić information content (AvgIpc) is 2.58. The second-order valence-electron chi connectivity index (χ2n) is 3.33. The molecule has 0 bridgehead atoms. The van der Waals surface area contributed by atoms with Crippen molar-refractivity contribution in [2.45, 2.75) is 0 Å². The van der Waals surface area contributed by atoms with E-state index in [0.29, 0.717) is 0 Å². The lowest BCUT2D eigenvalue weighted by Gasteiger charge is -2.01. The predicted molar refractivity (Wildman–Crippen MR) is 63.7 cm³/mol. The first kappa shape index (κ1) is 9.21. The van der Waals surface area contributed by atoms with E-state index in [0.717, 1.165) is 5.69 Å². The molecule has 0 atom stereocenters. The van der Waals surface area contributed by atoms with Crippen LogP contribution in [0.25, 0.3) is 10.1 Å². The molecule has 72 valence electrons. The topological polar surface area (TPSA) is 15.6 Å². The lowest BCUT2D eigenvalue weighted by atomic mass is 10.2. The lowest BCUT2D eigenvalue weighted by Crippen LogP contribution is -2.06. The number of thiophene rings is 1. The number of aliphatic imine (C=N–C) groups is 1. The molecule has 0 fully saturated rings. The highest BCUT2D eigenvalue weighted by atomic mass is 32.1. The largest absolute Gasteiger partial charge is 0.369 e. The van der Waals surface area contributed by atoms with E-state index in [1.165, 1.54) is 10.1 Å². The number of fused-ring (bicyclic) bond motifs is 1. The summed E-state index contributed by atoms with van der Waals surface area (Å²) in [6, 6.07) is 8.32. The number of hydrogen-bond acceptors (Lipinski definition) is 2. The van der Waals surface area contributed by atoms with E-state index in [4.69, 9.17) is 0 Å². The molecule has 3 heteroatoms. The first-order valence-corrected chi connectivity index (χ1v) is 5.32. The molecule has 1 heterocycles. The zero-order valence-corrected chi connectivity index (χ0v) is 9.08. The second kappa shape index (κ2) is 3.80. The van der Waals surface area contributed by atoms with Crippen LogP contribution < -0.4 is 0 Å².